The quantitative estimate of drug-likeness (QED) is 0.347. The van der Waals surface area contributed by atoms with Crippen LogP contribution in [0.4, 0.5) is 15.8 Å². The Morgan fingerprint density at radius 2 is 1.76 bits per heavy atom. The van der Waals surface area contributed by atoms with Crippen molar-refractivity contribution in [1.29, 1.82) is 0 Å². The maximum absolute atomic E-state index is 13.6. The number of ether oxygens (including phenoxy) is 4. The van der Waals surface area contributed by atoms with Crippen LogP contribution in [0.5, 0.6) is 11.5 Å². The molecule has 1 heterocycles. The van der Waals surface area contributed by atoms with Crippen molar-refractivity contribution in [2.45, 2.75) is 6.04 Å². The third-order valence-corrected chi connectivity index (χ3v) is 5.63. The van der Waals surface area contributed by atoms with Crippen LogP contribution >= 0.6 is 0 Å². The van der Waals surface area contributed by atoms with Gasteiger partial charge in [0.15, 0.2) is 6.61 Å². The summed E-state index contributed by atoms with van der Waals surface area (Å²) in [5.74, 6) is -1.22. The fourth-order valence-corrected chi connectivity index (χ4v) is 3.85. The molecule has 0 saturated carbocycles. The number of rotatable bonds is 9. The molecular formula is C27H25FN2O7. The molecule has 37 heavy (non-hydrogen) atoms. The van der Waals surface area contributed by atoms with Crippen molar-refractivity contribution in [1.82, 2.24) is 0 Å². The van der Waals surface area contributed by atoms with Crippen molar-refractivity contribution in [3.8, 4) is 11.5 Å². The fourth-order valence-electron chi connectivity index (χ4n) is 3.85. The smallest absolute Gasteiger partial charge is 0.337 e. The summed E-state index contributed by atoms with van der Waals surface area (Å²) in [5, 5.41) is 2.74. The Balaban J connectivity index is 1.75. The first-order valence-corrected chi connectivity index (χ1v) is 11.4. The Morgan fingerprint density at radius 1 is 1.03 bits per heavy atom. The third kappa shape index (κ3) is 5.87. The number of hydrogen-bond donors (Lipinski definition) is 1. The summed E-state index contributed by atoms with van der Waals surface area (Å²) in [4.78, 5) is 40.3. The Morgan fingerprint density at radius 3 is 2.43 bits per heavy atom. The van der Waals surface area contributed by atoms with Crippen molar-refractivity contribution in [2.24, 2.45) is 0 Å². The lowest BCUT2D eigenvalue weighted by atomic mass is 10.0. The summed E-state index contributed by atoms with van der Waals surface area (Å²) >= 11 is 0. The van der Waals surface area contributed by atoms with Crippen LogP contribution in [0, 0.1) is 5.82 Å². The van der Waals surface area contributed by atoms with Gasteiger partial charge in [-0.2, -0.15) is 0 Å². The van der Waals surface area contributed by atoms with E-state index in [1.165, 1.54) is 48.4 Å². The Kier molecular flexibility index (Phi) is 7.99. The van der Waals surface area contributed by atoms with E-state index >= 15 is 0 Å². The zero-order valence-electron chi connectivity index (χ0n) is 20.2. The van der Waals surface area contributed by atoms with Crippen LogP contribution in [-0.2, 0) is 19.1 Å². The minimum atomic E-state index is -1.15. The van der Waals surface area contributed by atoms with Gasteiger partial charge in [0.2, 0.25) is 0 Å². The van der Waals surface area contributed by atoms with Gasteiger partial charge in [0.1, 0.15) is 30.0 Å². The van der Waals surface area contributed by atoms with E-state index in [2.05, 4.69) is 5.32 Å². The number of nitrogens with one attached hydrogen (secondary N) is 1. The standard InChI is InChI=1S/C27H25FN2O7/c1-34-13-14-36-21-10-3-17(4-11-21)25(26(32)29-20-8-6-19(28)7-9-20)30-22-15-18(27(33)35-2)5-12-23(22)37-16-24(30)31/h3-12,15,25H,13-14,16H2,1-2H3,(H,29,32). The molecule has 9 nitrogen and oxygen atoms in total. The van der Waals surface area contributed by atoms with Gasteiger partial charge >= 0.3 is 5.97 Å². The van der Waals surface area contributed by atoms with Crippen LogP contribution < -0.4 is 19.7 Å². The molecule has 1 aliphatic rings. The number of nitrogens with zero attached hydrogens (tertiary/aromatic N) is 1. The van der Waals surface area contributed by atoms with Gasteiger partial charge in [0, 0.05) is 12.8 Å². The second kappa shape index (κ2) is 11.5. The van der Waals surface area contributed by atoms with Gasteiger partial charge < -0.3 is 24.3 Å². The molecule has 1 aliphatic heterocycles. The van der Waals surface area contributed by atoms with Gasteiger partial charge in [0.25, 0.3) is 11.8 Å². The zero-order chi connectivity index (χ0) is 26.4. The summed E-state index contributed by atoms with van der Waals surface area (Å²) in [7, 11) is 2.82. The fraction of sp³-hybridized carbons (Fsp3) is 0.222. The van der Waals surface area contributed by atoms with E-state index in [0.717, 1.165) is 0 Å². The van der Waals surface area contributed by atoms with E-state index in [-0.39, 0.29) is 17.9 Å². The average molecular weight is 509 g/mol. The van der Waals surface area contributed by atoms with Gasteiger partial charge in [0.05, 0.1) is 25.0 Å². The van der Waals surface area contributed by atoms with Gasteiger partial charge in [-0.05, 0) is 60.2 Å². The van der Waals surface area contributed by atoms with E-state index in [0.29, 0.717) is 36.0 Å². The first kappa shape index (κ1) is 25.6. The highest BCUT2D eigenvalue weighted by Crippen LogP contribution is 2.39. The maximum atomic E-state index is 13.6. The summed E-state index contributed by atoms with van der Waals surface area (Å²) in [6.45, 7) is 0.450. The minimum Gasteiger partial charge on any atom is -0.491 e. The molecule has 4 rings (SSSR count). The molecule has 0 spiro atoms. The monoisotopic (exact) mass is 508 g/mol. The van der Waals surface area contributed by atoms with Crippen LogP contribution in [0.2, 0.25) is 0 Å². The van der Waals surface area contributed by atoms with Crippen LogP contribution in [0.1, 0.15) is 22.0 Å². The predicted molar refractivity (Wildman–Crippen MR) is 132 cm³/mol. The van der Waals surface area contributed by atoms with Crippen LogP contribution in [-0.4, -0.2) is 51.8 Å². The highest BCUT2D eigenvalue weighted by Gasteiger charge is 2.37. The number of benzene rings is 3. The van der Waals surface area contributed by atoms with E-state index in [4.69, 9.17) is 18.9 Å². The number of anilines is 2. The number of esters is 1. The number of halogens is 1. The number of hydrogen-bond acceptors (Lipinski definition) is 7. The van der Waals surface area contributed by atoms with Crippen molar-refractivity contribution in [3.05, 3.63) is 83.7 Å². The lowest BCUT2D eigenvalue weighted by Crippen LogP contribution is -2.46. The molecule has 1 N–H and O–H groups in total. The third-order valence-electron chi connectivity index (χ3n) is 5.63. The molecule has 192 valence electrons. The molecule has 0 bridgehead atoms. The predicted octanol–water partition coefficient (Wildman–Crippen LogP) is 3.74. The van der Waals surface area contributed by atoms with Gasteiger partial charge in [-0.3, -0.25) is 14.5 Å². The first-order valence-electron chi connectivity index (χ1n) is 11.4. The number of carbonyl (C=O) groups excluding carboxylic acids is 3. The molecule has 2 amide bonds. The van der Waals surface area contributed by atoms with E-state index in [1.807, 2.05) is 0 Å². The van der Waals surface area contributed by atoms with Crippen molar-refractivity contribution < 1.29 is 37.7 Å². The molecule has 3 aromatic rings. The molecule has 0 aromatic heterocycles. The lowest BCUT2D eigenvalue weighted by Gasteiger charge is -2.35. The van der Waals surface area contributed by atoms with Crippen LogP contribution in [0.3, 0.4) is 0 Å². The van der Waals surface area contributed by atoms with Crippen molar-refractivity contribution in [2.75, 3.05) is 44.3 Å². The molecule has 1 atom stereocenters. The molecule has 0 saturated heterocycles. The summed E-state index contributed by atoms with van der Waals surface area (Å²) in [6, 6.07) is 15.3. The number of fused-ring (bicyclic) bond motifs is 1. The largest absolute Gasteiger partial charge is 0.491 e. The normalized spacial score (nSPS) is 13.3. The maximum Gasteiger partial charge on any atom is 0.337 e. The Bertz CT molecular complexity index is 1280. The summed E-state index contributed by atoms with van der Waals surface area (Å²) in [5.41, 5.74) is 1.24. The second-order valence-corrected chi connectivity index (χ2v) is 8.04. The Labute approximate surface area is 212 Å². The number of amides is 2. The molecule has 10 heteroatoms. The Hall–Kier alpha value is -4.44. The van der Waals surface area contributed by atoms with Crippen molar-refractivity contribution >= 4 is 29.2 Å². The number of methoxy groups -OCH3 is 2. The molecule has 0 radical (unpaired) electrons. The summed E-state index contributed by atoms with van der Waals surface area (Å²) in [6.07, 6.45) is 0. The average Bonchev–Trinajstić information content (AvgIpc) is 2.91. The van der Waals surface area contributed by atoms with Gasteiger partial charge in [-0.1, -0.05) is 12.1 Å². The van der Waals surface area contributed by atoms with E-state index < -0.39 is 29.6 Å². The van der Waals surface area contributed by atoms with Crippen molar-refractivity contribution in [3.63, 3.8) is 0 Å². The molecular weight excluding hydrogens is 483 g/mol. The highest BCUT2D eigenvalue weighted by atomic mass is 19.1. The lowest BCUT2D eigenvalue weighted by molar-refractivity contribution is -0.125. The SMILES string of the molecule is COCCOc1ccc(C(C(=O)Nc2ccc(F)cc2)N2C(=O)COc3ccc(C(=O)OC)cc32)cc1. The van der Waals surface area contributed by atoms with E-state index in [9.17, 15) is 18.8 Å². The summed E-state index contributed by atoms with van der Waals surface area (Å²) < 4.78 is 34.4. The topological polar surface area (TPSA) is 103 Å². The molecule has 1 unspecified atom stereocenters. The zero-order valence-corrected chi connectivity index (χ0v) is 20.2. The molecule has 0 aliphatic carbocycles. The van der Waals surface area contributed by atoms with Gasteiger partial charge in [-0.15, -0.1) is 0 Å². The van der Waals surface area contributed by atoms with Crippen LogP contribution in [0.15, 0.2) is 66.7 Å². The first-order chi connectivity index (χ1) is 17.9. The minimum absolute atomic E-state index is 0.184. The second-order valence-electron chi connectivity index (χ2n) is 8.04. The highest BCUT2D eigenvalue weighted by molar-refractivity contribution is 6.08. The van der Waals surface area contributed by atoms with Crippen LogP contribution in [0.25, 0.3) is 0 Å². The number of carbonyl (C=O) groups is 3. The van der Waals surface area contributed by atoms with E-state index in [1.54, 1.807) is 37.4 Å². The molecule has 3 aromatic carbocycles. The van der Waals surface area contributed by atoms with Gasteiger partial charge in [-0.25, -0.2) is 9.18 Å². The molecule has 0 fully saturated rings.